The predicted molar refractivity (Wildman–Crippen MR) is 129 cm³/mol. The standard InChI is InChI=1S/C25H31N3O4S/c1-16-5-6-17(2)23(13-16)26-25(30)20-9-11-27(12-10-20)33(31,32)22-7-8-24-21(15-22)14-18(3)28(24)19(4)29/h5-8,13,15,18,20H,9-12,14H2,1-4H3,(H,26,30)/t18-/m1/s1. The Morgan fingerprint density at radius 3 is 2.39 bits per heavy atom. The molecule has 33 heavy (non-hydrogen) atoms. The van der Waals surface area contributed by atoms with Gasteiger partial charge in [-0.3, -0.25) is 9.59 Å². The maximum atomic E-state index is 13.3. The number of carbonyl (C=O) groups excluding carboxylic acids is 2. The molecule has 0 spiro atoms. The lowest BCUT2D eigenvalue weighted by Crippen LogP contribution is -2.41. The Kier molecular flexibility index (Phi) is 6.33. The van der Waals surface area contributed by atoms with E-state index in [1.54, 1.807) is 23.1 Å². The first-order valence-corrected chi connectivity index (χ1v) is 12.8. The van der Waals surface area contributed by atoms with E-state index in [-0.39, 0.29) is 28.7 Å². The summed E-state index contributed by atoms with van der Waals surface area (Å²) in [5.74, 6) is -0.323. The molecule has 2 aromatic carbocycles. The minimum Gasteiger partial charge on any atom is -0.326 e. The van der Waals surface area contributed by atoms with Gasteiger partial charge in [0.1, 0.15) is 0 Å². The molecular weight excluding hydrogens is 438 g/mol. The zero-order valence-electron chi connectivity index (χ0n) is 19.6. The van der Waals surface area contributed by atoms with Crippen molar-refractivity contribution < 1.29 is 18.0 Å². The van der Waals surface area contributed by atoms with Crippen LogP contribution in [0.5, 0.6) is 0 Å². The molecule has 0 radical (unpaired) electrons. The van der Waals surface area contributed by atoms with Crippen molar-refractivity contribution in [2.45, 2.75) is 57.9 Å². The number of aryl methyl sites for hydroxylation is 2. The fourth-order valence-corrected chi connectivity index (χ4v) is 6.38. The first kappa shape index (κ1) is 23.4. The fraction of sp³-hybridized carbons (Fsp3) is 0.440. The van der Waals surface area contributed by atoms with Crippen molar-refractivity contribution in [3.63, 3.8) is 0 Å². The number of fused-ring (bicyclic) bond motifs is 1. The van der Waals surface area contributed by atoms with Crippen LogP contribution in [0.2, 0.25) is 0 Å². The van der Waals surface area contributed by atoms with Gasteiger partial charge in [0.05, 0.1) is 4.90 Å². The Morgan fingerprint density at radius 1 is 1.03 bits per heavy atom. The third kappa shape index (κ3) is 4.54. The maximum absolute atomic E-state index is 13.3. The van der Waals surface area contributed by atoms with Gasteiger partial charge < -0.3 is 10.2 Å². The van der Waals surface area contributed by atoms with Crippen LogP contribution in [0.1, 0.15) is 43.4 Å². The van der Waals surface area contributed by atoms with Gasteiger partial charge in [0, 0.05) is 43.3 Å². The average Bonchev–Trinajstić information content (AvgIpc) is 3.11. The maximum Gasteiger partial charge on any atom is 0.243 e. The van der Waals surface area contributed by atoms with Crippen LogP contribution in [-0.2, 0) is 26.0 Å². The van der Waals surface area contributed by atoms with Crippen LogP contribution in [0.15, 0.2) is 41.3 Å². The second-order valence-electron chi connectivity index (χ2n) is 9.22. The summed E-state index contributed by atoms with van der Waals surface area (Å²) in [5.41, 5.74) is 4.55. The Labute approximate surface area is 195 Å². The summed E-state index contributed by atoms with van der Waals surface area (Å²) < 4.78 is 28.0. The topological polar surface area (TPSA) is 86.8 Å². The number of rotatable bonds is 4. The van der Waals surface area contributed by atoms with Crippen LogP contribution in [0.4, 0.5) is 11.4 Å². The van der Waals surface area contributed by atoms with Crippen molar-refractivity contribution >= 4 is 33.2 Å². The molecule has 1 N–H and O–H groups in total. The van der Waals surface area contributed by atoms with Crippen molar-refractivity contribution in [1.29, 1.82) is 0 Å². The first-order valence-electron chi connectivity index (χ1n) is 11.4. The zero-order valence-corrected chi connectivity index (χ0v) is 20.4. The van der Waals surface area contributed by atoms with Crippen molar-refractivity contribution in [1.82, 2.24) is 4.31 Å². The van der Waals surface area contributed by atoms with Crippen LogP contribution < -0.4 is 10.2 Å². The highest BCUT2D eigenvalue weighted by Gasteiger charge is 2.34. The summed E-state index contributed by atoms with van der Waals surface area (Å²) in [6, 6.07) is 11.0. The minimum absolute atomic E-state index is 0.0155. The SMILES string of the molecule is CC(=O)N1c2ccc(S(=O)(=O)N3CCC(C(=O)Nc4cc(C)ccc4C)CC3)cc2C[C@H]1C. The van der Waals surface area contributed by atoms with Gasteiger partial charge in [-0.1, -0.05) is 12.1 Å². The highest BCUT2D eigenvalue weighted by molar-refractivity contribution is 7.89. The van der Waals surface area contributed by atoms with Gasteiger partial charge in [0.2, 0.25) is 21.8 Å². The van der Waals surface area contributed by atoms with Crippen molar-refractivity contribution in [3.05, 3.63) is 53.1 Å². The summed E-state index contributed by atoms with van der Waals surface area (Å²) in [5, 5.41) is 3.01. The monoisotopic (exact) mass is 469 g/mol. The number of carbonyl (C=O) groups is 2. The summed E-state index contributed by atoms with van der Waals surface area (Å²) in [4.78, 5) is 26.7. The largest absolute Gasteiger partial charge is 0.326 e. The molecule has 0 bridgehead atoms. The second kappa shape index (κ2) is 8.91. The van der Waals surface area contributed by atoms with E-state index < -0.39 is 10.0 Å². The van der Waals surface area contributed by atoms with E-state index >= 15 is 0 Å². The van der Waals surface area contributed by atoms with E-state index in [1.165, 1.54) is 11.2 Å². The highest BCUT2D eigenvalue weighted by atomic mass is 32.2. The molecule has 176 valence electrons. The molecule has 7 nitrogen and oxygen atoms in total. The third-order valence-corrected chi connectivity index (χ3v) is 8.61. The molecule has 0 aromatic heterocycles. The molecule has 1 saturated heterocycles. The number of nitrogens with one attached hydrogen (secondary N) is 1. The molecule has 2 aliphatic rings. The third-order valence-electron chi connectivity index (χ3n) is 6.72. The van der Waals surface area contributed by atoms with Gasteiger partial charge in [-0.15, -0.1) is 0 Å². The second-order valence-corrected chi connectivity index (χ2v) is 11.2. The number of benzene rings is 2. The number of piperidine rings is 1. The van der Waals surface area contributed by atoms with Crippen molar-refractivity contribution in [2.24, 2.45) is 5.92 Å². The molecule has 1 fully saturated rings. The molecule has 0 unspecified atom stereocenters. The van der Waals surface area contributed by atoms with Crippen molar-refractivity contribution in [2.75, 3.05) is 23.3 Å². The average molecular weight is 470 g/mol. The van der Waals surface area contributed by atoms with Gasteiger partial charge >= 0.3 is 0 Å². The molecule has 2 heterocycles. The molecule has 2 aromatic rings. The van der Waals surface area contributed by atoms with E-state index in [0.29, 0.717) is 32.4 Å². The lowest BCUT2D eigenvalue weighted by molar-refractivity contribution is -0.121. The Bertz CT molecular complexity index is 1200. The van der Waals surface area contributed by atoms with Crippen LogP contribution in [0, 0.1) is 19.8 Å². The molecule has 0 aliphatic carbocycles. The van der Waals surface area contributed by atoms with Crippen molar-refractivity contribution in [3.8, 4) is 0 Å². The molecule has 2 amide bonds. The predicted octanol–water partition coefficient (Wildman–Crippen LogP) is 3.64. The zero-order chi connectivity index (χ0) is 23.9. The van der Waals surface area contributed by atoms with Gasteiger partial charge in [0.25, 0.3) is 0 Å². The van der Waals surface area contributed by atoms with Gasteiger partial charge in [-0.2, -0.15) is 4.31 Å². The summed E-state index contributed by atoms with van der Waals surface area (Å²) in [6.45, 7) is 8.04. The Hall–Kier alpha value is -2.71. The van der Waals surface area contributed by atoms with E-state index in [4.69, 9.17) is 0 Å². The lowest BCUT2D eigenvalue weighted by Gasteiger charge is -2.30. The van der Waals surface area contributed by atoms with Gasteiger partial charge in [-0.05, 0) is 81.0 Å². The Balaban J connectivity index is 1.43. The molecule has 2 aliphatic heterocycles. The highest BCUT2D eigenvalue weighted by Crippen LogP contribution is 2.35. The normalized spacial score (nSPS) is 19.4. The number of amides is 2. The van der Waals surface area contributed by atoms with Gasteiger partial charge in [0.15, 0.2) is 0 Å². The minimum atomic E-state index is -3.66. The van der Waals surface area contributed by atoms with E-state index in [0.717, 1.165) is 28.1 Å². The van der Waals surface area contributed by atoms with Gasteiger partial charge in [-0.25, -0.2) is 8.42 Å². The molecule has 1 atom stereocenters. The number of nitrogens with zero attached hydrogens (tertiary/aromatic N) is 2. The van der Waals surface area contributed by atoms with Crippen LogP contribution >= 0.6 is 0 Å². The molecule has 0 saturated carbocycles. The van der Waals surface area contributed by atoms with E-state index in [1.807, 2.05) is 39.0 Å². The number of hydrogen-bond acceptors (Lipinski definition) is 4. The molecule has 8 heteroatoms. The number of sulfonamides is 1. The summed E-state index contributed by atoms with van der Waals surface area (Å²) in [6.07, 6.45) is 1.60. The van der Waals surface area contributed by atoms with E-state index in [2.05, 4.69) is 5.32 Å². The van der Waals surface area contributed by atoms with E-state index in [9.17, 15) is 18.0 Å². The first-order chi connectivity index (χ1) is 15.6. The summed E-state index contributed by atoms with van der Waals surface area (Å²) in [7, 11) is -3.66. The van der Waals surface area contributed by atoms with Crippen LogP contribution in [0.3, 0.4) is 0 Å². The fourth-order valence-electron chi connectivity index (χ4n) is 4.86. The van der Waals surface area contributed by atoms with Crippen LogP contribution in [-0.4, -0.2) is 43.7 Å². The molecule has 4 rings (SSSR count). The lowest BCUT2D eigenvalue weighted by atomic mass is 9.97. The number of anilines is 2. The Morgan fingerprint density at radius 2 is 1.73 bits per heavy atom. The summed E-state index contributed by atoms with van der Waals surface area (Å²) >= 11 is 0. The molecular formula is C25H31N3O4S. The van der Waals surface area contributed by atoms with Crippen LogP contribution in [0.25, 0.3) is 0 Å². The smallest absolute Gasteiger partial charge is 0.243 e. The quantitative estimate of drug-likeness (QED) is 0.741. The number of hydrogen-bond donors (Lipinski definition) is 1.